The SMILES string of the molecule is CCCn1cnnc1OC. The summed E-state index contributed by atoms with van der Waals surface area (Å²) in [6, 6.07) is 0.585. The molecule has 10 heavy (non-hydrogen) atoms. The lowest BCUT2D eigenvalue weighted by Crippen LogP contribution is -1.98. The maximum absolute atomic E-state index is 4.93. The van der Waals surface area contributed by atoms with Crippen molar-refractivity contribution < 1.29 is 4.74 Å². The zero-order valence-corrected chi connectivity index (χ0v) is 6.24. The van der Waals surface area contributed by atoms with Crippen molar-refractivity contribution >= 4 is 0 Å². The zero-order chi connectivity index (χ0) is 7.40. The summed E-state index contributed by atoms with van der Waals surface area (Å²) in [5, 5.41) is 7.44. The first-order chi connectivity index (χ1) is 4.88. The Hall–Kier alpha value is -1.06. The van der Waals surface area contributed by atoms with Gasteiger partial charge in [0, 0.05) is 6.54 Å². The minimum absolute atomic E-state index is 0.585. The van der Waals surface area contributed by atoms with E-state index < -0.39 is 0 Å². The molecule has 0 N–H and O–H groups in total. The van der Waals surface area contributed by atoms with Crippen LogP contribution >= 0.6 is 0 Å². The van der Waals surface area contributed by atoms with E-state index in [1.54, 1.807) is 13.4 Å². The molecule has 56 valence electrons. The highest BCUT2D eigenvalue weighted by Crippen LogP contribution is 2.03. The highest BCUT2D eigenvalue weighted by Gasteiger charge is 1.99. The number of aryl methyl sites for hydroxylation is 1. The van der Waals surface area contributed by atoms with E-state index in [-0.39, 0.29) is 0 Å². The van der Waals surface area contributed by atoms with Crippen LogP contribution < -0.4 is 4.74 Å². The number of nitrogens with zero attached hydrogens (tertiary/aromatic N) is 3. The Morgan fingerprint density at radius 3 is 3.10 bits per heavy atom. The van der Waals surface area contributed by atoms with E-state index in [0.29, 0.717) is 6.01 Å². The first-order valence-electron chi connectivity index (χ1n) is 3.30. The molecule has 0 radical (unpaired) electrons. The Morgan fingerprint density at radius 1 is 1.70 bits per heavy atom. The molecule has 4 heteroatoms. The molecule has 1 heterocycles. The van der Waals surface area contributed by atoms with Gasteiger partial charge in [0.25, 0.3) is 0 Å². The van der Waals surface area contributed by atoms with E-state index in [0.717, 1.165) is 13.0 Å². The van der Waals surface area contributed by atoms with E-state index in [2.05, 4.69) is 17.1 Å². The Kier molecular flexibility index (Phi) is 2.25. The summed E-state index contributed by atoms with van der Waals surface area (Å²) in [6.45, 7) is 3.01. The summed E-state index contributed by atoms with van der Waals surface area (Å²) in [4.78, 5) is 0. The molecule has 0 amide bonds. The molecule has 0 bridgehead atoms. The fraction of sp³-hybridized carbons (Fsp3) is 0.667. The van der Waals surface area contributed by atoms with Gasteiger partial charge < -0.3 is 4.74 Å². The van der Waals surface area contributed by atoms with Gasteiger partial charge in [-0.2, -0.15) is 0 Å². The van der Waals surface area contributed by atoms with Crippen LogP contribution in [-0.2, 0) is 6.54 Å². The lowest BCUT2D eigenvalue weighted by atomic mass is 10.5. The number of rotatable bonds is 3. The number of hydrogen-bond acceptors (Lipinski definition) is 3. The van der Waals surface area contributed by atoms with Gasteiger partial charge in [0.2, 0.25) is 0 Å². The van der Waals surface area contributed by atoms with Gasteiger partial charge in [-0.1, -0.05) is 12.0 Å². The molecular weight excluding hydrogens is 130 g/mol. The third kappa shape index (κ3) is 1.26. The fourth-order valence-corrected chi connectivity index (χ4v) is 0.797. The normalized spacial score (nSPS) is 9.80. The van der Waals surface area contributed by atoms with Crippen molar-refractivity contribution in [3.05, 3.63) is 6.33 Å². The summed E-state index contributed by atoms with van der Waals surface area (Å²) in [5.74, 6) is 0. The minimum atomic E-state index is 0.585. The van der Waals surface area contributed by atoms with Gasteiger partial charge in [-0.25, -0.2) is 0 Å². The van der Waals surface area contributed by atoms with Crippen molar-refractivity contribution in [3.8, 4) is 6.01 Å². The van der Waals surface area contributed by atoms with Crippen molar-refractivity contribution in [1.29, 1.82) is 0 Å². The molecule has 0 fully saturated rings. The topological polar surface area (TPSA) is 39.9 Å². The van der Waals surface area contributed by atoms with E-state index >= 15 is 0 Å². The van der Waals surface area contributed by atoms with Crippen molar-refractivity contribution in [3.63, 3.8) is 0 Å². The molecular formula is C6H11N3O. The lowest BCUT2D eigenvalue weighted by Gasteiger charge is -2.00. The van der Waals surface area contributed by atoms with Gasteiger partial charge in [0.05, 0.1) is 7.11 Å². The zero-order valence-electron chi connectivity index (χ0n) is 6.24. The van der Waals surface area contributed by atoms with Gasteiger partial charge in [0.1, 0.15) is 6.33 Å². The number of ether oxygens (including phenoxy) is 1. The monoisotopic (exact) mass is 141 g/mol. The van der Waals surface area contributed by atoms with Crippen LogP contribution in [0.1, 0.15) is 13.3 Å². The van der Waals surface area contributed by atoms with Crippen molar-refractivity contribution in [2.45, 2.75) is 19.9 Å². The van der Waals surface area contributed by atoms with Crippen LogP contribution in [-0.4, -0.2) is 21.9 Å². The van der Waals surface area contributed by atoms with E-state index in [1.807, 2.05) is 4.57 Å². The summed E-state index contributed by atoms with van der Waals surface area (Å²) in [6.07, 6.45) is 2.73. The van der Waals surface area contributed by atoms with Crippen LogP contribution in [0, 0.1) is 0 Å². The third-order valence-electron chi connectivity index (χ3n) is 1.23. The average Bonchev–Trinajstić information content (AvgIpc) is 2.36. The van der Waals surface area contributed by atoms with Gasteiger partial charge >= 0.3 is 6.01 Å². The molecule has 0 saturated carbocycles. The van der Waals surface area contributed by atoms with Crippen molar-refractivity contribution in [2.75, 3.05) is 7.11 Å². The maximum Gasteiger partial charge on any atom is 0.316 e. The molecule has 0 spiro atoms. The minimum Gasteiger partial charge on any atom is -0.467 e. The summed E-state index contributed by atoms with van der Waals surface area (Å²) in [5.41, 5.74) is 0. The standard InChI is InChI=1S/C6H11N3O/c1-3-4-9-5-7-8-6(9)10-2/h5H,3-4H2,1-2H3. The quantitative estimate of drug-likeness (QED) is 0.622. The Bertz CT molecular complexity index is 197. The Balaban J connectivity index is 2.70. The van der Waals surface area contributed by atoms with Gasteiger partial charge in [-0.3, -0.25) is 4.57 Å². The molecule has 0 unspecified atom stereocenters. The predicted octanol–water partition coefficient (Wildman–Crippen LogP) is 0.697. The Labute approximate surface area is 59.8 Å². The van der Waals surface area contributed by atoms with Crippen molar-refractivity contribution in [2.24, 2.45) is 0 Å². The molecule has 0 aliphatic carbocycles. The molecule has 1 rings (SSSR count). The van der Waals surface area contributed by atoms with Crippen LogP contribution in [0.25, 0.3) is 0 Å². The van der Waals surface area contributed by atoms with Gasteiger partial charge in [-0.05, 0) is 6.42 Å². The average molecular weight is 141 g/mol. The highest BCUT2D eigenvalue weighted by molar-refractivity contribution is 4.90. The largest absolute Gasteiger partial charge is 0.467 e. The summed E-state index contributed by atoms with van der Waals surface area (Å²) >= 11 is 0. The molecule has 4 nitrogen and oxygen atoms in total. The lowest BCUT2D eigenvalue weighted by molar-refractivity contribution is 0.354. The van der Waals surface area contributed by atoms with Crippen molar-refractivity contribution in [1.82, 2.24) is 14.8 Å². The summed E-state index contributed by atoms with van der Waals surface area (Å²) < 4.78 is 6.80. The van der Waals surface area contributed by atoms with Crippen LogP contribution in [0.5, 0.6) is 6.01 Å². The molecule has 1 aromatic rings. The van der Waals surface area contributed by atoms with Crippen LogP contribution in [0.3, 0.4) is 0 Å². The van der Waals surface area contributed by atoms with Crippen LogP contribution in [0.15, 0.2) is 6.33 Å². The Morgan fingerprint density at radius 2 is 2.50 bits per heavy atom. The third-order valence-corrected chi connectivity index (χ3v) is 1.23. The maximum atomic E-state index is 4.93. The van der Waals surface area contributed by atoms with E-state index in [1.165, 1.54) is 0 Å². The van der Waals surface area contributed by atoms with E-state index in [4.69, 9.17) is 4.74 Å². The van der Waals surface area contributed by atoms with Gasteiger partial charge in [-0.15, -0.1) is 5.10 Å². The first kappa shape index (κ1) is 7.05. The molecule has 0 aromatic carbocycles. The smallest absolute Gasteiger partial charge is 0.316 e. The summed E-state index contributed by atoms with van der Waals surface area (Å²) in [7, 11) is 1.59. The number of hydrogen-bond donors (Lipinski definition) is 0. The highest BCUT2D eigenvalue weighted by atomic mass is 16.5. The molecule has 1 aromatic heterocycles. The molecule has 0 aliphatic heterocycles. The molecule has 0 atom stereocenters. The predicted molar refractivity (Wildman–Crippen MR) is 36.9 cm³/mol. The number of aromatic nitrogens is 3. The fourth-order valence-electron chi connectivity index (χ4n) is 0.797. The van der Waals surface area contributed by atoms with Crippen LogP contribution in [0.4, 0.5) is 0 Å². The molecule has 0 saturated heterocycles. The van der Waals surface area contributed by atoms with Gasteiger partial charge in [0.15, 0.2) is 0 Å². The van der Waals surface area contributed by atoms with E-state index in [9.17, 15) is 0 Å². The first-order valence-corrected chi connectivity index (χ1v) is 3.30. The second kappa shape index (κ2) is 3.20. The molecule has 0 aliphatic rings. The van der Waals surface area contributed by atoms with Crippen LogP contribution in [0.2, 0.25) is 0 Å². The second-order valence-corrected chi connectivity index (χ2v) is 2.01. The second-order valence-electron chi connectivity index (χ2n) is 2.01. The number of methoxy groups -OCH3 is 1.